The van der Waals surface area contributed by atoms with E-state index in [0.29, 0.717) is 6.04 Å². The molecule has 0 amide bonds. The third kappa shape index (κ3) is 1.73. The van der Waals surface area contributed by atoms with Gasteiger partial charge in [-0.1, -0.05) is 0 Å². The maximum atomic E-state index is 4.24. The van der Waals surface area contributed by atoms with E-state index in [0.717, 1.165) is 24.0 Å². The molecule has 1 aromatic heterocycles. The molecule has 0 bridgehead atoms. The zero-order valence-corrected chi connectivity index (χ0v) is 7.82. The maximum absolute atomic E-state index is 4.24. The van der Waals surface area contributed by atoms with E-state index in [2.05, 4.69) is 20.0 Å². The molecule has 0 aromatic carbocycles. The molecular formula is C7H12N4S. The Labute approximate surface area is 75.6 Å². The Balaban J connectivity index is 1.94. The molecule has 1 aliphatic rings. The lowest BCUT2D eigenvalue weighted by Gasteiger charge is -2.07. The Bertz CT molecular complexity index is 254. The summed E-state index contributed by atoms with van der Waals surface area (Å²) in [4.78, 5) is 4.24. The van der Waals surface area contributed by atoms with Crippen LogP contribution in [-0.2, 0) is 0 Å². The van der Waals surface area contributed by atoms with Crippen LogP contribution in [-0.4, -0.2) is 28.5 Å². The van der Waals surface area contributed by atoms with Gasteiger partial charge in [0.1, 0.15) is 5.82 Å². The van der Waals surface area contributed by atoms with Crippen molar-refractivity contribution in [3.8, 4) is 0 Å². The summed E-state index contributed by atoms with van der Waals surface area (Å²) >= 11 is 1.44. The van der Waals surface area contributed by atoms with E-state index in [9.17, 15) is 0 Å². The summed E-state index contributed by atoms with van der Waals surface area (Å²) in [5.74, 6) is 0.855. The lowest BCUT2D eigenvalue weighted by atomic mass is 10.3. The summed E-state index contributed by atoms with van der Waals surface area (Å²) in [5.41, 5.74) is 0. The highest BCUT2D eigenvalue weighted by atomic mass is 32.1. The zero-order valence-electron chi connectivity index (χ0n) is 7.00. The van der Waals surface area contributed by atoms with Gasteiger partial charge in [-0.25, -0.2) is 4.98 Å². The predicted octanol–water partition coefficient (Wildman–Crippen LogP) is 0.620. The molecule has 1 unspecified atom stereocenters. The van der Waals surface area contributed by atoms with Gasteiger partial charge in [0.25, 0.3) is 0 Å². The molecular weight excluding hydrogens is 172 g/mol. The number of nitrogens with zero attached hydrogens (tertiary/aromatic N) is 2. The van der Waals surface area contributed by atoms with Crippen LogP contribution in [0.3, 0.4) is 0 Å². The molecule has 0 radical (unpaired) electrons. The first kappa shape index (κ1) is 7.94. The lowest BCUT2D eigenvalue weighted by molar-refractivity contribution is 0.791. The average Bonchev–Trinajstić information content (AvgIpc) is 2.63. The Kier molecular flexibility index (Phi) is 2.23. The van der Waals surface area contributed by atoms with Gasteiger partial charge in [-0.05, 0) is 19.9 Å². The molecule has 1 fully saturated rings. The van der Waals surface area contributed by atoms with Crippen LogP contribution < -0.4 is 10.6 Å². The van der Waals surface area contributed by atoms with Crippen molar-refractivity contribution in [3.63, 3.8) is 0 Å². The van der Waals surface area contributed by atoms with Crippen LogP contribution in [0.15, 0.2) is 0 Å². The third-order valence-electron chi connectivity index (χ3n) is 1.92. The Hall–Kier alpha value is -0.680. The Morgan fingerprint density at radius 1 is 1.67 bits per heavy atom. The van der Waals surface area contributed by atoms with Gasteiger partial charge < -0.3 is 10.6 Å². The van der Waals surface area contributed by atoms with Gasteiger partial charge in [0.05, 0.1) is 0 Å². The van der Waals surface area contributed by atoms with Crippen molar-refractivity contribution in [2.75, 3.05) is 18.4 Å². The molecule has 1 aromatic rings. The topological polar surface area (TPSA) is 49.8 Å². The standard InChI is InChI=1S/C7H12N4S/c1-5-9-7(12-11-5)10-6-2-3-8-4-6/h6,8H,2-4H2,1H3,(H,9,10,11). The summed E-state index contributed by atoms with van der Waals surface area (Å²) in [6, 6.07) is 0.539. The minimum absolute atomic E-state index is 0.539. The van der Waals surface area contributed by atoms with Crippen molar-refractivity contribution in [2.24, 2.45) is 0 Å². The van der Waals surface area contributed by atoms with Gasteiger partial charge in [-0.3, -0.25) is 0 Å². The minimum Gasteiger partial charge on any atom is -0.356 e. The molecule has 1 aliphatic heterocycles. The number of hydrogen-bond donors (Lipinski definition) is 2. The number of aromatic nitrogens is 2. The van der Waals surface area contributed by atoms with Gasteiger partial charge in [-0.2, -0.15) is 4.37 Å². The summed E-state index contributed by atoms with van der Waals surface area (Å²) in [6.07, 6.45) is 1.18. The maximum Gasteiger partial charge on any atom is 0.202 e. The molecule has 2 N–H and O–H groups in total. The smallest absolute Gasteiger partial charge is 0.202 e. The highest BCUT2D eigenvalue weighted by Crippen LogP contribution is 2.13. The number of rotatable bonds is 2. The van der Waals surface area contributed by atoms with E-state index in [1.165, 1.54) is 18.0 Å². The van der Waals surface area contributed by atoms with Crippen molar-refractivity contribution < 1.29 is 0 Å². The average molecular weight is 184 g/mol. The quantitative estimate of drug-likeness (QED) is 0.707. The first-order valence-electron chi connectivity index (χ1n) is 4.12. The molecule has 4 nitrogen and oxygen atoms in total. The number of anilines is 1. The predicted molar refractivity (Wildman–Crippen MR) is 49.5 cm³/mol. The molecule has 0 spiro atoms. The Morgan fingerprint density at radius 3 is 3.17 bits per heavy atom. The van der Waals surface area contributed by atoms with E-state index in [-0.39, 0.29) is 0 Å². The van der Waals surface area contributed by atoms with Gasteiger partial charge in [0.2, 0.25) is 5.13 Å². The lowest BCUT2D eigenvalue weighted by Crippen LogP contribution is -2.21. The fourth-order valence-electron chi connectivity index (χ4n) is 1.31. The van der Waals surface area contributed by atoms with Crippen molar-refractivity contribution in [1.29, 1.82) is 0 Å². The summed E-state index contributed by atoms with van der Waals surface area (Å²) in [5, 5.41) is 7.58. The second kappa shape index (κ2) is 3.37. The number of nitrogens with one attached hydrogen (secondary N) is 2. The SMILES string of the molecule is Cc1nsc(NC2CCNC2)n1. The van der Waals surface area contributed by atoms with Crippen LogP contribution in [0.2, 0.25) is 0 Å². The van der Waals surface area contributed by atoms with Gasteiger partial charge in [0, 0.05) is 24.1 Å². The van der Waals surface area contributed by atoms with E-state index >= 15 is 0 Å². The monoisotopic (exact) mass is 184 g/mol. The van der Waals surface area contributed by atoms with Gasteiger partial charge >= 0.3 is 0 Å². The first-order chi connectivity index (χ1) is 5.84. The molecule has 66 valence electrons. The highest BCUT2D eigenvalue weighted by molar-refractivity contribution is 7.09. The van der Waals surface area contributed by atoms with Crippen LogP contribution in [0.25, 0.3) is 0 Å². The molecule has 1 saturated heterocycles. The van der Waals surface area contributed by atoms with E-state index in [1.807, 2.05) is 6.92 Å². The van der Waals surface area contributed by atoms with Crippen molar-refractivity contribution in [1.82, 2.24) is 14.7 Å². The number of aryl methyl sites for hydroxylation is 1. The van der Waals surface area contributed by atoms with Crippen LogP contribution in [0.1, 0.15) is 12.2 Å². The van der Waals surface area contributed by atoms with E-state index < -0.39 is 0 Å². The number of hydrogen-bond acceptors (Lipinski definition) is 5. The summed E-state index contributed by atoms with van der Waals surface area (Å²) in [6.45, 7) is 4.06. The van der Waals surface area contributed by atoms with Crippen molar-refractivity contribution in [2.45, 2.75) is 19.4 Å². The van der Waals surface area contributed by atoms with E-state index in [4.69, 9.17) is 0 Å². The van der Waals surface area contributed by atoms with Crippen LogP contribution in [0, 0.1) is 6.92 Å². The fourth-order valence-corrected chi connectivity index (χ4v) is 1.96. The largest absolute Gasteiger partial charge is 0.356 e. The second-order valence-electron chi connectivity index (χ2n) is 2.98. The van der Waals surface area contributed by atoms with Crippen molar-refractivity contribution in [3.05, 3.63) is 5.82 Å². The summed E-state index contributed by atoms with van der Waals surface area (Å²) < 4.78 is 4.11. The van der Waals surface area contributed by atoms with Crippen LogP contribution in [0.4, 0.5) is 5.13 Å². The molecule has 2 heterocycles. The Morgan fingerprint density at radius 2 is 2.58 bits per heavy atom. The van der Waals surface area contributed by atoms with E-state index in [1.54, 1.807) is 0 Å². The normalized spacial score (nSPS) is 22.9. The summed E-state index contributed by atoms with van der Waals surface area (Å²) in [7, 11) is 0. The molecule has 0 saturated carbocycles. The molecule has 0 aliphatic carbocycles. The minimum atomic E-state index is 0.539. The molecule has 5 heteroatoms. The third-order valence-corrected chi connectivity index (χ3v) is 2.65. The molecule has 2 rings (SSSR count). The fraction of sp³-hybridized carbons (Fsp3) is 0.714. The van der Waals surface area contributed by atoms with Crippen molar-refractivity contribution >= 4 is 16.7 Å². The highest BCUT2D eigenvalue weighted by Gasteiger charge is 2.14. The molecule has 1 atom stereocenters. The van der Waals surface area contributed by atoms with Crippen LogP contribution >= 0.6 is 11.5 Å². The van der Waals surface area contributed by atoms with Crippen LogP contribution in [0.5, 0.6) is 0 Å². The van der Waals surface area contributed by atoms with Gasteiger partial charge in [0.15, 0.2) is 0 Å². The zero-order chi connectivity index (χ0) is 8.39. The molecule has 12 heavy (non-hydrogen) atoms. The second-order valence-corrected chi connectivity index (χ2v) is 3.73. The van der Waals surface area contributed by atoms with Gasteiger partial charge in [-0.15, -0.1) is 0 Å². The first-order valence-corrected chi connectivity index (χ1v) is 4.89.